The molecule has 0 aromatic heterocycles. The van der Waals surface area contributed by atoms with Gasteiger partial charge in [0.2, 0.25) is 0 Å². The van der Waals surface area contributed by atoms with Crippen molar-refractivity contribution < 1.29 is 18.9 Å². The minimum Gasteiger partial charge on any atom is -0.304 e. The van der Waals surface area contributed by atoms with Crippen LogP contribution in [-0.2, 0) is 9.09 Å². The van der Waals surface area contributed by atoms with Crippen LogP contribution < -0.4 is 0 Å². The van der Waals surface area contributed by atoms with Crippen LogP contribution in [0.15, 0.2) is 12.2 Å². The van der Waals surface area contributed by atoms with Gasteiger partial charge in [-0.25, -0.2) is 4.57 Å². The summed E-state index contributed by atoms with van der Waals surface area (Å²) >= 11 is 0. The number of phosphoric acid groups is 1. The molecule has 30 heavy (non-hydrogen) atoms. The van der Waals surface area contributed by atoms with Gasteiger partial charge in [0.1, 0.15) is 0 Å². The van der Waals surface area contributed by atoms with E-state index in [1.54, 1.807) is 0 Å². The Hall–Kier alpha value is -0.190. The van der Waals surface area contributed by atoms with Crippen molar-refractivity contribution >= 4 is 7.82 Å². The maximum absolute atomic E-state index is 10.5. The first-order chi connectivity index (χ1) is 14.4. The fraction of sp³-hybridized carbons (Fsp3) is 0.917. The van der Waals surface area contributed by atoms with Crippen LogP contribution in [0.4, 0.5) is 0 Å². The molecule has 0 aliphatic rings. The Bertz CT molecular complexity index is 389. The second-order valence-electron chi connectivity index (χ2n) is 7.88. The van der Waals surface area contributed by atoms with E-state index in [2.05, 4.69) is 49.3 Å². The van der Waals surface area contributed by atoms with Gasteiger partial charge in [-0.05, 0) is 51.7 Å². The SMILES string of the molecule is CCCCCCCC/C=C\CCCCCCCCOP(=O)(O)O.CCN(CC)CC. The number of phosphoric ester groups is 1. The first-order valence-corrected chi connectivity index (χ1v) is 14.0. The molecule has 182 valence electrons. The molecule has 0 fully saturated rings. The van der Waals surface area contributed by atoms with E-state index in [9.17, 15) is 4.57 Å². The Morgan fingerprint density at radius 1 is 0.667 bits per heavy atom. The van der Waals surface area contributed by atoms with E-state index in [1.165, 1.54) is 90.3 Å². The lowest BCUT2D eigenvalue weighted by Crippen LogP contribution is -2.21. The Morgan fingerprint density at radius 3 is 1.43 bits per heavy atom. The van der Waals surface area contributed by atoms with Crippen molar-refractivity contribution in [2.75, 3.05) is 26.2 Å². The fourth-order valence-electron chi connectivity index (χ4n) is 3.20. The molecule has 0 spiro atoms. The number of unbranched alkanes of at least 4 members (excludes halogenated alkanes) is 12. The van der Waals surface area contributed by atoms with Crippen molar-refractivity contribution in [1.29, 1.82) is 0 Å². The molecule has 0 aliphatic carbocycles. The molecule has 0 saturated carbocycles. The van der Waals surface area contributed by atoms with Crippen molar-refractivity contribution in [3.05, 3.63) is 12.2 Å². The molecule has 5 nitrogen and oxygen atoms in total. The second-order valence-corrected chi connectivity index (χ2v) is 9.12. The number of rotatable bonds is 20. The van der Waals surface area contributed by atoms with Crippen LogP contribution in [0.3, 0.4) is 0 Å². The highest BCUT2D eigenvalue weighted by Gasteiger charge is 2.12. The highest BCUT2D eigenvalue weighted by atomic mass is 31.2. The highest BCUT2D eigenvalue weighted by Crippen LogP contribution is 2.35. The average molecular weight is 450 g/mol. The molecule has 0 atom stereocenters. The minimum absolute atomic E-state index is 0.158. The van der Waals surface area contributed by atoms with E-state index in [0.717, 1.165) is 19.3 Å². The Morgan fingerprint density at radius 2 is 1.07 bits per heavy atom. The maximum Gasteiger partial charge on any atom is 0.469 e. The molecular weight excluding hydrogens is 397 g/mol. The van der Waals surface area contributed by atoms with Crippen molar-refractivity contribution in [2.45, 2.75) is 118 Å². The Kier molecular flexibility index (Phi) is 26.7. The predicted molar refractivity (Wildman–Crippen MR) is 131 cm³/mol. The third kappa shape index (κ3) is 30.0. The number of hydrogen-bond acceptors (Lipinski definition) is 3. The first-order valence-electron chi connectivity index (χ1n) is 12.5. The third-order valence-corrected chi connectivity index (χ3v) is 5.78. The molecule has 0 bridgehead atoms. The zero-order valence-electron chi connectivity index (χ0n) is 20.5. The van der Waals surface area contributed by atoms with Crippen LogP contribution in [-0.4, -0.2) is 40.9 Å². The lowest BCUT2D eigenvalue weighted by Gasteiger charge is -2.13. The van der Waals surface area contributed by atoms with Gasteiger partial charge in [0.05, 0.1) is 6.61 Å². The van der Waals surface area contributed by atoms with Gasteiger partial charge in [-0.15, -0.1) is 0 Å². The molecule has 0 unspecified atom stereocenters. The molecule has 0 radical (unpaired) electrons. The van der Waals surface area contributed by atoms with E-state index in [-0.39, 0.29) is 6.61 Å². The number of nitrogens with zero attached hydrogens (tertiary/aromatic N) is 1. The monoisotopic (exact) mass is 449 g/mol. The number of allylic oxidation sites excluding steroid dienone is 2. The lowest BCUT2D eigenvalue weighted by molar-refractivity contribution is 0.193. The van der Waals surface area contributed by atoms with E-state index in [1.807, 2.05) is 0 Å². The van der Waals surface area contributed by atoms with Gasteiger partial charge in [-0.2, -0.15) is 0 Å². The van der Waals surface area contributed by atoms with Gasteiger partial charge >= 0.3 is 7.82 Å². The third-order valence-electron chi connectivity index (χ3n) is 5.26. The van der Waals surface area contributed by atoms with E-state index < -0.39 is 7.82 Å². The Labute approximate surface area is 187 Å². The van der Waals surface area contributed by atoms with Crippen molar-refractivity contribution in [1.82, 2.24) is 4.90 Å². The minimum atomic E-state index is -4.26. The van der Waals surface area contributed by atoms with Crippen molar-refractivity contribution in [2.24, 2.45) is 0 Å². The summed E-state index contributed by atoms with van der Waals surface area (Å²) in [7, 11) is -4.26. The smallest absolute Gasteiger partial charge is 0.304 e. The van der Waals surface area contributed by atoms with E-state index in [0.29, 0.717) is 0 Å². The summed E-state index contributed by atoms with van der Waals surface area (Å²) in [6, 6.07) is 0. The standard InChI is InChI=1S/C18H37O4P.C6H15N/c1-2-3-4-5-6-7-8-9-10-11-12-13-14-15-16-17-18-22-23(19,20)21;1-4-7(5-2)6-3/h9-10H,2-8,11-18H2,1H3,(H2,19,20,21);4-6H2,1-3H3/b10-9-;. The van der Waals surface area contributed by atoms with Crippen LogP contribution >= 0.6 is 7.82 Å². The fourth-order valence-corrected chi connectivity index (χ4v) is 3.57. The van der Waals surface area contributed by atoms with Gasteiger partial charge in [0, 0.05) is 0 Å². The van der Waals surface area contributed by atoms with Crippen molar-refractivity contribution in [3.63, 3.8) is 0 Å². The average Bonchev–Trinajstić information content (AvgIpc) is 2.71. The number of hydrogen-bond donors (Lipinski definition) is 2. The van der Waals surface area contributed by atoms with Gasteiger partial charge in [0.15, 0.2) is 0 Å². The summed E-state index contributed by atoms with van der Waals surface area (Å²) in [6.07, 6.45) is 21.7. The maximum atomic E-state index is 10.5. The second kappa shape index (κ2) is 25.1. The molecule has 0 aromatic rings. The van der Waals surface area contributed by atoms with Gasteiger partial charge in [-0.3, -0.25) is 4.52 Å². The van der Waals surface area contributed by atoms with Gasteiger partial charge < -0.3 is 14.7 Å². The molecule has 0 rings (SSSR count). The van der Waals surface area contributed by atoms with Crippen LogP contribution in [0.2, 0.25) is 0 Å². The highest BCUT2D eigenvalue weighted by molar-refractivity contribution is 7.46. The van der Waals surface area contributed by atoms with Crippen LogP contribution in [0.25, 0.3) is 0 Å². The zero-order valence-corrected chi connectivity index (χ0v) is 21.4. The predicted octanol–water partition coefficient (Wildman–Crippen LogP) is 7.48. The molecule has 6 heteroatoms. The van der Waals surface area contributed by atoms with Gasteiger partial charge in [-0.1, -0.05) is 97.6 Å². The summed E-state index contributed by atoms with van der Waals surface area (Å²) in [5.74, 6) is 0. The quantitative estimate of drug-likeness (QED) is 0.114. The topological polar surface area (TPSA) is 70.0 Å². The van der Waals surface area contributed by atoms with Crippen LogP contribution in [0, 0.1) is 0 Å². The molecule has 0 heterocycles. The lowest BCUT2D eigenvalue weighted by atomic mass is 10.1. The molecule has 0 aromatic carbocycles. The molecular formula is C24H52NO4P. The van der Waals surface area contributed by atoms with Crippen molar-refractivity contribution in [3.8, 4) is 0 Å². The summed E-state index contributed by atoms with van der Waals surface area (Å²) in [4.78, 5) is 19.4. The van der Waals surface area contributed by atoms with E-state index in [4.69, 9.17) is 9.79 Å². The van der Waals surface area contributed by atoms with Crippen LogP contribution in [0.5, 0.6) is 0 Å². The Balaban J connectivity index is 0. The summed E-state index contributed by atoms with van der Waals surface area (Å²) in [5.41, 5.74) is 0. The molecule has 0 amide bonds. The summed E-state index contributed by atoms with van der Waals surface area (Å²) < 4.78 is 14.9. The van der Waals surface area contributed by atoms with Gasteiger partial charge in [0.25, 0.3) is 0 Å². The summed E-state index contributed by atoms with van der Waals surface area (Å²) in [6.45, 7) is 12.5. The molecule has 0 aliphatic heterocycles. The normalized spacial score (nSPS) is 11.8. The van der Waals surface area contributed by atoms with E-state index >= 15 is 0 Å². The zero-order chi connectivity index (χ0) is 22.9. The first kappa shape index (κ1) is 32.0. The van der Waals surface area contributed by atoms with Crippen LogP contribution in [0.1, 0.15) is 118 Å². The largest absolute Gasteiger partial charge is 0.469 e. The molecule has 0 saturated heterocycles. The molecule has 2 N–H and O–H groups in total. The summed E-state index contributed by atoms with van der Waals surface area (Å²) in [5, 5.41) is 0.